The molecule has 2 aromatic rings. The van der Waals surface area contributed by atoms with E-state index >= 15 is 0 Å². The van der Waals surface area contributed by atoms with E-state index in [2.05, 4.69) is 9.97 Å². The van der Waals surface area contributed by atoms with Gasteiger partial charge in [-0.3, -0.25) is 4.98 Å². The number of pyridine rings is 2. The fourth-order valence-electron chi connectivity index (χ4n) is 1.83. The number of nitrogen functional groups attached to an aromatic ring is 1. The summed E-state index contributed by atoms with van der Waals surface area (Å²) in [6.45, 7) is 0. The highest BCUT2D eigenvalue weighted by Gasteiger charge is 2.39. The highest BCUT2D eigenvalue weighted by molar-refractivity contribution is 6.30. The molecule has 1 saturated carbocycles. The standard InChI is InChI=1S/C11H9ClFN3/c12-10-3-8(14)11-9(16-10)1-5(4-15-11)6-2-7(6)13/h1,3-4,6-7H,2H2,(H2,14,16). The fraction of sp³-hybridized carbons (Fsp3) is 0.273. The van der Waals surface area contributed by atoms with Gasteiger partial charge in [0.2, 0.25) is 0 Å². The summed E-state index contributed by atoms with van der Waals surface area (Å²) < 4.78 is 12.9. The van der Waals surface area contributed by atoms with Crippen LogP contribution in [0.3, 0.4) is 0 Å². The van der Waals surface area contributed by atoms with E-state index in [0.29, 0.717) is 28.3 Å². The summed E-state index contributed by atoms with van der Waals surface area (Å²) in [5.74, 6) is -0.0288. The Kier molecular flexibility index (Phi) is 2.01. The molecule has 1 aliphatic carbocycles. The van der Waals surface area contributed by atoms with Gasteiger partial charge in [-0.1, -0.05) is 11.6 Å². The average Bonchev–Trinajstić information content (AvgIpc) is 2.94. The lowest BCUT2D eigenvalue weighted by Gasteiger charge is -2.03. The van der Waals surface area contributed by atoms with Crippen LogP contribution in [-0.4, -0.2) is 16.1 Å². The highest BCUT2D eigenvalue weighted by Crippen LogP contribution is 2.43. The lowest BCUT2D eigenvalue weighted by Crippen LogP contribution is -1.94. The van der Waals surface area contributed by atoms with E-state index < -0.39 is 6.17 Å². The maximum absolute atomic E-state index is 12.9. The summed E-state index contributed by atoms with van der Waals surface area (Å²) in [5.41, 5.74) is 8.37. The Labute approximate surface area is 96.5 Å². The smallest absolute Gasteiger partial charge is 0.131 e. The molecule has 0 aromatic carbocycles. The molecule has 2 heterocycles. The van der Waals surface area contributed by atoms with Crippen LogP contribution in [0.4, 0.5) is 10.1 Å². The minimum atomic E-state index is -0.740. The normalized spacial score (nSPS) is 23.6. The Morgan fingerprint density at radius 3 is 2.88 bits per heavy atom. The van der Waals surface area contributed by atoms with E-state index in [-0.39, 0.29) is 5.92 Å². The van der Waals surface area contributed by atoms with Crippen LogP contribution in [0, 0.1) is 0 Å². The van der Waals surface area contributed by atoms with Crippen molar-refractivity contribution in [3.8, 4) is 0 Å². The van der Waals surface area contributed by atoms with E-state index in [9.17, 15) is 4.39 Å². The third kappa shape index (κ3) is 1.50. The molecule has 0 aliphatic heterocycles. The van der Waals surface area contributed by atoms with Gasteiger partial charge in [-0.05, 0) is 18.1 Å². The van der Waals surface area contributed by atoms with Gasteiger partial charge in [0.1, 0.15) is 16.8 Å². The Hall–Kier alpha value is -1.42. The molecular weight excluding hydrogens is 229 g/mol. The van der Waals surface area contributed by atoms with Gasteiger partial charge >= 0.3 is 0 Å². The maximum atomic E-state index is 12.9. The second kappa shape index (κ2) is 3.28. The van der Waals surface area contributed by atoms with Gasteiger partial charge in [0, 0.05) is 18.2 Å². The number of rotatable bonds is 1. The number of nitrogens with zero attached hydrogens (tertiary/aromatic N) is 2. The van der Waals surface area contributed by atoms with Gasteiger partial charge in [-0.15, -0.1) is 0 Å². The van der Waals surface area contributed by atoms with Crippen LogP contribution in [0.5, 0.6) is 0 Å². The summed E-state index contributed by atoms with van der Waals surface area (Å²) in [4.78, 5) is 8.34. The van der Waals surface area contributed by atoms with Gasteiger partial charge in [0.05, 0.1) is 11.2 Å². The van der Waals surface area contributed by atoms with E-state index in [1.165, 1.54) is 0 Å². The Bertz CT molecular complexity index is 572. The fourth-order valence-corrected chi connectivity index (χ4v) is 2.04. The number of hydrogen-bond donors (Lipinski definition) is 1. The first-order valence-electron chi connectivity index (χ1n) is 5.01. The van der Waals surface area contributed by atoms with Crippen molar-refractivity contribution in [1.82, 2.24) is 9.97 Å². The molecule has 0 radical (unpaired) electrons. The number of fused-ring (bicyclic) bond motifs is 1. The van der Waals surface area contributed by atoms with Crippen LogP contribution < -0.4 is 5.73 Å². The minimum Gasteiger partial charge on any atom is -0.397 e. The zero-order valence-corrected chi connectivity index (χ0v) is 9.08. The van der Waals surface area contributed by atoms with Crippen LogP contribution in [-0.2, 0) is 0 Å². The second-order valence-corrected chi connectivity index (χ2v) is 4.42. The van der Waals surface area contributed by atoms with Crippen molar-refractivity contribution in [2.45, 2.75) is 18.5 Å². The summed E-state index contributed by atoms with van der Waals surface area (Å²) in [6, 6.07) is 3.38. The molecule has 0 spiro atoms. The van der Waals surface area contributed by atoms with E-state index in [4.69, 9.17) is 17.3 Å². The molecular formula is C11H9ClFN3. The number of halogens is 2. The molecule has 0 saturated heterocycles. The lowest BCUT2D eigenvalue weighted by atomic mass is 10.1. The van der Waals surface area contributed by atoms with Crippen molar-refractivity contribution in [2.24, 2.45) is 0 Å². The molecule has 2 aromatic heterocycles. The number of aromatic nitrogens is 2. The van der Waals surface area contributed by atoms with Gasteiger partial charge in [0.15, 0.2) is 0 Å². The van der Waals surface area contributed by atoms with Gasteiger partial charge < -0.3 is 5.73 Å². The molecule has 0 bridgehead atoms. The second-order valence-electron chi connectivity index (χ2n) is 4.03. The van der Waals surface area contributed by atoms with Crippen LogP contribution in [0.25, 0.3) is 11.0 Å². The monoisotopic (exact) mass is 237 g/mol. The summed E-state index contributed by atoms with van der Waals surface area (Å²) >= 11 is 5.81. The molecule has 16 heavy (non-hydrogen) atoms. The summed E-state index contributed by atoms with van der Waals surface area (Å²) in [5, 5.41) is 0.330. The molecule has 5 heteroatoms. The topological polar surface area (TPSA) is 51.8 Å². The van der Waals surface area contributed by atoms with Crippen LogP contribution >= 0.6 is 11.6 Å². The first-order valence-corrected chi connectivity index (χ1v) is 5.38. The molecule has 0 amide bonds. The summed E-state index contributed by atoms with van der Waals surface area (Å²) in [6.07, 6.45) is 1.50. The molecule has 2 unspecified atom stereocenters. The Balaban J connectivity index is 2.17. The van der Waals surface area contributed by atoms with Crippen molar-refractivity contribution in [3.05, 3.63) is 29.0 Å². The lowest BCUT2D eigenvalue weighted by molar-refractivity contribution is 0.468. The van der Waals surface area contributed by atoms with Gasteiger partial charge in [0.25, 0.3) is 0 Å². The predicted octanol–water partition coefficient (Wildman–Crippen LogP) is 2.69. The van der Waals surface area contributed by atoms with E-state index in [1.807, 2.05) is 6.07 Å². The Morgan fingerprint density at radius 2 is 2.19 bits per heavy atom. The zero-order valence-electron chi connectivity index (χ0n) is 8.32. The molecule has 2 N–H and O–H groups in total. The first kappa shape index (κ1) is 9.78. The molecule has 1 aliphatic rings. The van der Waals surface area contributed by atoms with Gasteiger partial charge in [-0.2, -0.15) is 0 Å². The maximum Gasteiger partial charge on any atom is 0.131 e. The Morgan fingerprint density at radius 1 is 1.44 bits per heavy atom. The quantitative estimate of drug-likeness (QED) is 0.776. The van der Waals surface area contributed by atoms with Crippen LogP contribution in [0.2, 0.25) is 5.15 Å². The third-order valence-electron chi connectivity index (χ3n) is 2.80. The molecule has 82 valence electrons. The molecule has 3 nitrogen and oxygen atoms in total. The predicted molar refractivity (Wildman–Crippen MR) is 61.2 cm³/mol. The number of hydrogen-bond acceptors (Lipinski definition) is 3. The van der Waals surface area contributed by atoms with Crippen LogP contribution in [0.1, 0.15) is 17.9 Å². The van der Waals surface area contributed by atoms with Gasteiger partial charge in [-0.25, -0.2) is 9.37 Å². The van der Waals surface area contributed by atoms with Crippen molar-refractivity contribution in [3.63, 3.8) is 0 Å². The first-order chi connectivity index (χ1) is 7.65. The van der Waals surface area contributed by atoms with Crippen LogP contribution in [0.15, 0.2) is 18.3 Å². The third-order valence-corrected chi connectivity index (χ3v) is 3.00. The average molecular weight is 238 g/mol. The number of anilines is 1. The zero-order chi connectivity index (χ0) is 11.3. The SMILES string of the molecule is Nc1cc(Cl)nc2cc(C3CC3F)cnc12. The van der Waals surface area contributed by atoms with Crippen molar-refractivity contribution >= 4 is 28.3 Å². The van der Waals surface area contributed by atoms with E-state index in [1.54, 1.807) is 12.3 Å². The summed E-state index contributed by atoms with van der Waals surface area (Å²) in [7, 11) is 0. The number of alkyl halides is 1. The highest BCUT2D eigenvalue weighted by atomic mass is 35.5. The van der Waals surface area contributed by atoms with Crippen molar-refractivity contribution in [1.29, 1.82) is 0 Å². The minimum absolute atomic E-state index is 0.0288. The largest absolute Gasteiger partial charge is 0.397 e. The molecule has 2 atom stereocenters. The molecule has 3 rings (SSSR count). The van der Waals surface area contributed by atoms with Crippen molar-refractivity contribution < 1.29 is 4.39 Å². The van der Waals surface area contributed by atoms with E-state index in [0.717, 1.165) is 5.56 Å². The number of nitrogens with two attached hydrogens (primary N) is 1. The van der Waals surface area contributed by atoms with Crippen molar-refractivity contribution in [2.75, 3.05) is 5.73 Å². The molecule has 1 fully saturated rings.